The highest BCUT2D eigenvalue weighted by molar-refractivity contribution is 6.33. The number of carbonyl (C=O) groups is 1. The van der Waals surface area contributed by atoms with Gasteiger partial charge in [0.15, 0.2) is 11.2 Å². The third-order valence-corrected chi connectivity index (χ3v) is 4.05. The van der Waals surface area contributed by atoms with Gasteiger partial charge in [0.2, 0.25) is 5.91 Å². The molecule has 0 atom stereocenters. The van der Waals surface area contributed by atoms with Crippen molar-refractivity contribution in [2.24, 2.45) is 14.1 Å². The quantitative estimate of drug-likeness (QED) is 0.745. The molecule has 10 heteroatoms. The second-order valence-electron chi connectivity index (χ2n) is 5.42. The number of halogens is 2. The van der Waals surface area contributed by atoms with Crippen LogP contribution in [-0.4, -0.2) is 24.6 Å². The van der Waals surface area contributed by atoms with Gasteiger partial charge in [-0.1, -0.05) is 11.6 Å². The van der Waals surface area contributed by atoms with Crippen LogP contribution in [0.1, 0.15) is 0 Å². The minimum Gasteiger partial charge on any atom is -0.323 e. The summed E-state index contributed by atoms with van der Waals surface area (Å²) in [7, 11) is 2.83. The maximum atomic E-state index is 13.0. The number of hydrogen-bond acceptors (Lipinski definition) is 4. The van der Waals surface area contributed by atoms with E-state index in [1.165, 1.54) is 41.7 Å². The predicted molar refractivity (Wildman–Crippen MR) is 90.3 cm³/mol. The normalized spacial score (nSPS) is 11.0. The summed E-state index contributed by atoms with van der Waals surface area (Å²) in [5.74, 6) is -1.00. The summed E-state index contributed by atoms with van der Waals surface area (Å²) in [5.41, 5.74) is -0.503. The van der Waals surface area contributed by atoms with Gasteiger partial charge in [0.1, 0.15) is 12.4 Å². The number of aromatic nitrogens is 4. The summed E-state index contributed by atoms with van der Waals surface area (Å²) in [6, 6.07) is 3.58. The van der Waals surface area contributed by atoms with E-state index >= 15 is 0 Å². The number of benzene rings is 1. The molecule has 0 saturated carbocycles. The third kappa shape index (κ3) is 2.93. The molecule has 130 valence electrons. The largest absolute Gasteiger partial charge is 0.332 e. The van der Waals surface area contributed by atoms with Crippen LogP contribution in [0.4, 0.5) is 10.1 Å². The summed E-state index contributed by atoms with van der Waals surface area (Å²) < 4.78 is 16.5. The van der Waals surface area contributed by atoms with Gasteiger partial charge in [0, 0.05) is 14.1 Å². The molecule has 0 bridgehead atoms. The number of hydrogen-bond donors (Lipinski definition) is 1. The molecule has 2 heterocycles. The molecule has 0 aliphatic rings. The number of nitrogens with zero attached hydrogens (tertiary/aromatic N) is 4. The number of aryl methyl sites for hydroxylation is 1. The lowest BCUT2D eigenvalue weighted by Gasteiger charge is -2.09. The number of fused-ring (bicyclic) bond motifs is 1. The van der Waals surface area contributed by atoms with Crippen molar-refractivity contribution < 1.29 is 9.18 Å². The number of carbonyl (C=O) groups excluding carboxylic acids is 1. The lowest BCUT2D eigenvalue weighted by atomic mass is 10.3. The van der Waals surface area contributed by atoms with Crippen molar-refractivity contribution in [2.75, 3.05) is 5.32 Å². The Morgan fingerprint density at radius 2 is 2.00 bits per heavy atom. The first-order valence-electron chi connectivity index (χ1n) is 7.15. The molecule has 0 fully saturated rings. The Bertz CT molecular complexity index is 1110. The highest BCUT2D eigenvalue weighted by atomic mass is 35.5. The van der Waals surface area contributed by atoms with Gasteiger partial charge in [-0.3, -0.25) is 18.7 Å². The smallest absolute Gasteiger partial charge is 0.323 e. The third-order valence-electron chi connectivity index (χ3n) is 3.74. The van der Waals surface area contributed by atoms with Gasteiger partial charge in [-0.2, -0.15) is 0 Å². The molecule has 0 saturated heterocycles. The molecule has 0 unspecified atom stereocenters. The second-order valence-corrected chi connectivity index (χ2v) is 5.83. The molecule has 0 aliphatic carbocycles. The highest BCUT2D eigenvalue weighted by Crippen LogP contribution is 2.22. The van der Waals surface area contributed by atoms with Crippen molar-refractivity contribution in [1.29, 1.82) is 0 Å². The molecule has 25 heavy (non-hydrogen) atoms. The zero-order valence-corrected chi connectivity index (χ0v) is 14.0. The fourth-order valence-corrected chi connectivity index (χ4v) is 2.67. The van der Waals surface area contributed by atoms with E-state index < -0.39 is 23.0 Å². The average molecular weight is 366 g/mol. The van der Waals surface area contributed by atoms with Crippen molar-refractivity contribution in [2.45, 2.75) is 6.54 Å². The summed E-state index contributed by atoms with van der Waals surface area (Å²) in [5, 5.41) is 2.59. The van der Waals surface area contributed by atoms with E-state index in [0.29, 0.717) is 0 Å². The lowest BCUT2D eigenvalue weighted by Crippen LogP contribution is -2.37. The van der Waals surface area contributed by atoms with E-state index in [1.54, 1.807) is 0 Å². The van der Waals surface area contributed by atoms with Gasteiger partial charge in [-0.05, 0) is 18.2 Å². The van der Waals surface area contributed by atoms with Crippen LogP contribution in [0.5, 0.6) is 0 Å². The lowest BCUT2D eigenvalue weighted by molar-refractivity contribution is -0.116. The zero-order chi connectivity index (χ0) is 18.3. The van der Waals surface area contributed by atoms with Crippen LogP contribution in [0.25, 0.3) is 11.2 Å². The van der Waals surface area contributed by atoms with Gasteiger partial charge >= 0.3 is 5.69 Å². The van der Waals surface area contributed by atoms with Crippen LogP contribution in [0, 0.1) is 5.82 Å². The van der Waals surface area contributed by atoms with Gasteiger partial charge in [0.25, 0.3) is 5.56 Å². The first-order chi connectivity index (χ1) is 11.8. The molecule has 3 rings (SSSR count). The van der Waals surface area contributed by atoms with Crippen LogP contribution in [0.3, 0.4) is 0 Å². The maximum Gasteiger partial charge on any atom is 0.332 e. The molecule has 0 radical (unpaired) electrons. The van der Waals surface area contributed by atoms with Crippen molar-refractivity contribution in [3.05, 3.63) is 56.2 Å². The SMILES string of the molecule is Cn1c(=O)c2c(ncn2CC(=O)Nc2ccc(F)cc2Cl)n(C)c1=O. The number of nitrogens with one attached hydrogen (secondary N) is 1. The van der Waals surface area contributed by atoms with Crippen LogP contribution >= 0.6 is 11.6 Å². The van der Waals surface area contributed by atoms with Gasteiger partial charge in [-0.25, -0.2) is 14.2 Å². The second kappa shape index (κ2) is 6.17. The Hall–Kier alpha value is -2.94. The van der Waals surface area contributed by atoms with E-state index in [9.17, 15) is 18.8 Å². The Kier molecular flexibility index (Phi) is 4.17. The summed E-state index contributed by atoms with van der Waals surface area (Å²) in [6.45, 7) is -0.225. The molecule has 8 nitrogen and oxygen atoms in total. The topological polar surface area (TPSA) is 90.9 Å². The molecule has 1 N–H and O–H groups in total. The van der Waals surface area contributed by atoms with Crippen molar-refractivity contribution in [3.63, 3.8) is 0 Å². The zero-order valence-electron chi connectivity index (χ0n) is 13.3. The molecular formula is C15H13ClFN5O3. The first-order valence-corrected chi connectivity index (χ1v) is 7.53. The Labute approximate surface area is 145 Å². The fourth-order valence-electron chi connectivity index (χ4n) is 2.45. The number of imidazole rings is 1. The fraction of sp³-hybridized carbons (Fsp3) is 0.200. The molecule has 1 aromatic carbocycles. The van der Waals surface area contributed by atoms with Crippen LogP contribution in [0.2, 0.25) is 5.02 Å². The van der Waals surface area contributed by atoms with Crippen molar-refractivity contribution >= 4 is 34.4 Å². The summed E-state index contributed by atoms with van der Waals surface area (Å²) in [6.07, 6.45) is 1.30. The first kappa shape index (κ1) is 16.9. The summed E-state index contributed by atoms with van der Waals surface area (Å²) >= 11 is 5.87. The van der Waals surface area contributed by atoms with E-state index in [0.717, 1.165) is 10.6 Å². The van der Waals surface area contributed by atoms with Gasteiger partial charge < -0.3 is 9.88 Å². The van der Waals surface area contributed by atoms with E-state index in [2.05, 4.69) is 10.3 Å². The van der Waals surface area contributed by atoms with Crippen LogP contribution in [0.15, 0.2) is 34.1 Å². The minimum absolute atomic E-state index is 0.0575. The molecule has 2 aromatic heterocycles. The molecule has 0 spiro atoms. The average Bonchev–Trinajstić information content (AvgIpc) is 2.97. The molecule has 1 amide bonds. The van der Waals surface area contributed by atoms with E-state index in [-0.39, 0.29) is 28.4 Å². The Balaban J connectivity index is 1.94. The molecule has 3 aromatic rings. The van der Waals surface area contributed by atoms with Gasteiger partial charge in [-0.15, -0.1) is 0 Å². The van der Waals surface area contributed by atoms with E-state index in [1.807, 2.05) is 0 Å². The van der Waals surface area contributed by atoms with E-state index in [4.69, 9.17) is 11.6 Å². The molecular weight excluding hydrogens is 353 g/mol. The standard InChI is InChI=1S/C15H13ClFN5O3/c1-20-13-12(14(24)21(2)15(20)25)22(7-18-13)6-11(23)19-10-4-3-8(17)5-9(10)16/h3-5,7H,6H2,1-2H3,(H,19,23). The Morgan fingerprint density at radius 3 is 2.68 bits per heavy atom. The highest BCUT2D eigenvalue weighted by Gasteiger charge is 2.16. The van der Waals surface area contributed by atoms with Crippen LogP contribution < -0.4 is 16.6 Å². The maximum absolute atomic E-state index is 13.0. The number of rotatable bonds is 3. The summed E-state index contributed by atoms with van der Waals surface area (Å²) in [4.78, 5) is 40.4. The number of amides is 1. The van der Waals surface area contributed by atoms with Gasteiger partial charge in [0.05, 0.1) is 17.0 Å². The van der Waals surface area contributed by atoms with Crippen molar-refractivity contribution in [3.8, 4) is 0 Å². The monoisotopic (exact) mass is 365 g/mol. The Morgan fingerprint density at radius 1 is 1.28 bits per heavy atom. The predicted octanol–water partition coefficient (Wildman–Crippen LogP) is 0.865. The molecule has 0 aliphatic heterocycles. The number of anilines is 1. The van der Waals surface area contributed by atoms with Crippen molar-refractivity contribution in [1.82, 2.24) is 18.7 Å². The minimum atomic E-state index is -0.553. The van der Waals surface area contributed by atoms with Crippen LogP contribution in [-0.2, 0) is 25.4 Å².